The monoisotopic (exact) mass is 501 g/mol. The summed E-state index contributed by atoms with van der Waals surface area (Å²) in [5, 5.41) is 10.3. The molecule has 2 fully saturated rings. The summed E-state index contributed by atoms with van der Waals surface area (Å²) in [5.74, 6) is 0.869. The quantitative estimate of drug-likeness (QED) is 0.555. The average molecular weight is 502 g/mol. The highest BCUT2D eigenvalue weighted by atomic mass is 32.2. The summed E-state index contributed by atoms with van der Waals surface area (Å²) in [6.45, 7) is 6.01. The second kappa shape index (κ2) is 11.3. The molecule has 0 spiro atoms. The molecule has 2 aromatic heterocycles. The van der Waals surface area contributed by atoms with Crippen molar-refractivity contribution in [1.82, 2.24) is 14.3 Å². The predicted molar refractivity (Wildman–Crippen MR) is 139 cm³/mol. The highest BCUT2D eigenvalue weighted by Gasteiger charge is 2.34. The zero-order valence-corrected chi connectivity index (χ0v) is 22.1. The maximum atomic E-state index is 13.2. The van der Waals surface area contributed by atoms with Crippen molar-refractivity contribution >= 4 is 26.7 Å². The number of sulfonamides is 1. The van der Waals surface area contributed by atoms with Crippen molar-refractivity contribution in [3.05, 3.63) is 24.0 Å². The molecule has 2 aliphatic rings. The fourth-order valence-electron chi connectivity index (χ4n) is 5.57. The maximum Gasteiger partial charge on any atom is 0.214 e. The van der Waals surface area contributed by atoms with Crippen LogP contribution in [0.5, 0.6) is 0 Å². The summed E-state index contributed by atoms with van der Waals surface area (Å²) in [4.78, 5) is 9.91. The number of aromatic nitrogens is 2. The van der Waals surface area contributed by atoms with E-state index in [9.17, 15) is 13.7 Å². The van der Waals surface area contributed by atoms with E-state index in [0.29, 0.717) is 38.1 Å². The van der Waals surface area contributed by atoms with Crippen LogP contribution in [-0.4, -0.2) is 67.3 Å². The van der Waals surface area contributed by atoms with Gasteiger partial charge in [0.2, 0.25) is 10.0 Å². The Labute approximate surface area is 209 Å². The topological polar surface area (TPSA) is 102 Å². The van der Waals surface area contributed by atoms with Gasteiger partial charge in [-0.1, -0.05) is 13.8 Å². The van der Waals surface area contributed by atoms with Crippen LogP contribution in [0.3, 0.4) is 0 Å². The van der Waals surface area contributed by atoms with Gasteiger partial charge in [-0.2, -0.15) is 9.57 Å². The first-order valence-electron chi connectivity index (χ1n) is 12.9. The van der Waals surface area contributed by atoms with E-state index in [1.165, 1.54) is 0 Å². The van der Waals surface area contributed by atoms with Crippen molar-refractivity contribution in [2.75, 3.05) is 37.4 Å². The molecule has 8 nitrogen and oxygen atoms in total. The van der Waals surface area contributed by atoms with Gasteiger partial charge >= 0.3 is 0 Å². The molecule has 0 aromatic carbocycles. The van der Waals surface area contributed by atoms with E-state index >= 15 is 0 Å². The van der Waals surface area contributed by atoms with Crippen LogP contribution < -0.4 is 4.90 Å². The van der Waals surface area contributed by atoms with Gasteiger partial charge in [0, 0.05) is 56.1 Å². The first-order chi connectivity index (χ1) is 16.8. The maximum absolute atomic E-state index is 13.2. The second-order valence-electron chi connectivity index (χ2n) is 10.6. The Morgan fingerprint density at radius 1 is 1.29 bits per heavy atom. The highest BCUT2D eigenvalue weighted by Crippen LogP contribution is 2.36. The number of rotatable bonds is 9. The smallest absolute Gasteiger partial charge is 0.214 e. The third-order valence-electron chi connectivity index (χ3n) is 7.47. The molecule has 1 saturated heterocycles. The molecule has 9 heteroatoms. The number of anilines is 1. The van der Waals surface area contributed by atoms with Crippen LogP contribution in [0.15, 0.2) is 18.5 Å². The summed E-state index contributed by atoms with van der Waals surface area (Å²) in [7, 11) is -1.20. The van der Waals surface area contributed by atoms with E-state index < -0.39 is 10.0 Å². The minimum Gasteiger partial charge on any atom is -0.377 e. The highest BCUT2D eigenvalue weighted by molar-refractivity contribution is 7.89. The van der Waals surface area contributed by atoms with Gasteiger partial charge in [0.25, 0.3) is 0 Å². The fourth-order valence-corrected chi connectivity index (χ4v) is 7.51. The Kier molecular flexibility index (Phi) is 8.35. The molecule has 35 heavy (non-hydrogen) atoms. The average Bonchev–Trinajstić information content (AvgIpc) is 3.32. The van der Waals surface area contributed by atoms with Crippen LogP contribution in [0, 0.1) is 23.2 Å². The molecule has 4 rings (SSSR count). The lowest BCUT2D eigenvalue weighted by molar-refractivity contribution is 0.00547. The molecule has 0 radical (unpaired) electrons. The zero-order chi connectivity index (χ0) is 25.0. The van der Waals surface area contributed by atoms with Gasteiger partial charge in [0.05, 0.1) is 30.0 Å². The number of H-pyrrole nitrogens is 1. The number of pyridine rings is 1. The normalized spacial score (nSPS) is 24.0. The lowest BCUT2D eigenvalue weighted by Crippen LogP contribution is -2.46. The molecule has 1 unspecified atom stereocenters. The standard InChI is InChI=1S/C26H39N5O3S/c1-19(2)17-34-23-5-4-14-31(16-23)35(32,33)18-20-6-8-22(9-7-20)30(3)25-21(10-12-27)15-29-26-24(25)11-13-28-26/h11,13,15,19-20,22-23H,4-10,14,16-18H2,1-3H3,(H,28,29). The SMILES string of the molecule is CC(C)COC1CCCN(S(=O)(=O)CC2CCC(N(C)c3c(CC#N)cnc4[nH]ccc34)CC2)C1. The number of hydrogen-bond acceptors (Lipinski definition) is 6. The van der Waals surface area contributed by atoms with Crippen molar-refractivity contribution in [2.45, 2.75) is 70.9 Å². The number of fused-ring (bicyclic) bond motifs is 1. The Bertz CT molecular complexity index is 1130. The lowest BCUT2D eigenvalue weighted by atomic mass is 9.86. The van der Waals surface area contributed by atoms with Crippen molar-refractivity contribution in [1.29, 1.82) is 5.26 Å². The van der Waals surface area contributed by atoms with E-state index in [2.05, 4.69) is 41.8 Å². The molecular weight excluding hydrogens is 462 g/mol. The minimum absolute atomic E-state index is 0.0125. The number of aromatic amines is 1. The predicted octanol–water partition coefficient (Wildman–Crippen LogP) is 4.09. The Balaban J connectivity index is 1.36. The van der Waals surface area contributed by atoms with Gasteiger partial charge in [0.15, 0.2) is 0 Å². The van der Waals surface area contributed by atoms with Crippen LogP contribution >= 0.6 is 0 Å². The van der Waals surface area contributed by atoms with Crippen molar-refractivity contribution in [3.8, 4) is 6.07 Å². The van der Waals surface area contributed by atoms with Crippen LogP contribution in [-0.2, 0) is 21.2 Å². The number of hydrogen-bond donors (Lipinski definition) is 1. The molecule has 2 aromatic rings. The number of piperidine rings is 1. The zero-order valence-electron chi connectivity index (χ0n) is 21.2. The van der Waals surface area contributed by atoms with E-state index in [0.717, 1.165) is 60.8 Å². The van der Waals surface area contributed by atoms with Crippen LogP contribution in [0.25, 0.3) is 11.0 Å². The van der Waals surface area contributed by atoms with Gasteiger partial charge < -0.3 is 14.6 Å². The summed E-state index contributed by atoms with van der Waals surface area (Å²) in [6, 6.07) is 4.60. The van der Waals surface area contributed by atoms with Crippen molar-refractivity contribution < 1.29 is 13.2 Å². The third-order valence-corrected chi connectivity index (χ3v) is 9.48. The van der Waals surface area contributed by atoms with Crippen LogP contribution in [0.4, 0.5) is 5.69 Å². The Hall–Kier alpha value is -2.15. The Morgan fingerprint density at radius 3 is 2.77 bits per heavy atom. The van der Waals surface area contributed by atoms with Gasteiger partial charge in [-0.25, -0.2) is 13.4 Å². The van der Waals surface area contributed by atoms with E-state index in [1.54, 1.807) is 10.5 Å². The van der Waals surface area contributed by atoms with E-state index in [-0.39, 0.29) is 17.8 Å². The van der Waals surface area contributed by atoms with Gasteiger partial charge in [-0.3, -0.25) is 0 Å². The lowest BCUT2D eigenvalue weighted by Gasteiger charge is -2.38. The number of ether oxygens (including phenoxy) is 1. The van der Waals surface area contributed by atoms with Crippen molar-refractivity contribution in [3.63, 3.8) is 0 Å². The molecule has 0 amide bonds. The van der Waals surface area contributed by atoms with Crippen LogP contribution in [0.1, 0.15) is 57.9 Å². The first kappa shape index (κ1) is 25.9. The molecule has 1 aliphatic carbocycles. The second-order valence-corrected chi connectivity index (χ2v) is 12.6. The van der Waals surface area contributed by atoms with Gasteiger partial charge in [-0.05, 0) is 56.4 Å². The van der Waals surface area contributed by atoms with Gasteiger partial charge in [-0.15, -0.1) is 0 Å². The molecule has 1 saturated carbocycles. The minimum atomic E-state index is -3.29. The largest absolute Gasteiger partial charge is 0.377 e. The molecule has 1 atom stereocenters. The molecule has 1 N–H and O–H groups in total. The molecule has 192 valence electrons. The number of nitriles is 1. The third kappa shape index (κ3) is 6.16. The summed E-state index contributed by atoms with van der Waals surface area (Å²) in [6.07, 6.45) is 9.48. The van der Waals surface area contributed by atoms with E-state index in [1.807, 2.05) is 12.3 Å². The molecule has 1 aliphatic heterocycles. The molecular formula is C26H39N5O3S. The molecule has 3 heterocycles. The van der Waals surface area contributed by atoms with Gasteiger partial charge in [0.1, 0.15) is 5.65 Å². The summed E-state index contributed by atoms with van der Waals surface area (Å²) in [5.41, 5.74) is 2.83. The number of nitrogens with zero attached hydrogens (tertiary/aromatic N) is 4. The summed E-state index contributed by atoms with van der Waals surface area (Å²) < 4.78 is 34.1. The van der Waals surface area contributed by atoms with Crippen LogP contribution in [0.2, 0.25) is 0 Å². The first-order valence-corrected chi connectivity index (χ1v) is 14.5. The summed E-state index contributed by atoms with van der Waals surface area (Å²) >= 11 is 0. The van der Waals surface area contributed by atoms with E-state index in [4.69, 9.17) is 4.74 Å². The van der Waals surface area contributed by atoms with Crippen molar-refractivity contribution in [2.24, 2.45) is 11.8 Å². The Morgan fingerprint density at radius 2 is 2.06 bits per heavy atom. The fraction of sp³-hybridized carbons (Fsp3) is 0.692. The molecule has 0 bridgehead atoms. The number of nitrogens with one attached hydrogen (secondary N) is 1.